The fraction of sp³-hybridized carbons (Fsp3) is 0. The van der Waals surface area contributed by atoms with Gasteiger partial charge in [-0.2, -0.15) is 0 Å². The Balaban J connectivity index is 1.77. The number of halogens is 1. The SMILES string of the molecule is Brc1ccc2cc(N(c3ccccc3)c3cccc4ccccc34)ccc2c1. The van der Waals surface area contributed by atoms with Gasteiger partial charge in [-0.15, -0.1) is 0 Å². The van der Waals surface area contributed by atoms with E-state index in [1.54, 1.807) is 0 Å². The number of hydrogen-bond donors (Lipinski definition) is 0. The zero-order chi connectivity index (χ0) is 18.9. The minimum Gasteiger partial charge on any atom is -0.310 e. The summed E-state index contributed by atoms with van der Waals surface area (Å²) in [6, 6.07) is 38.7. The first-order valence-corrected chi connectivity index (χ1v) is 10.1. The minimum absolute atomic E-state index is 1.10. The van der Waals surface area contributed by atoms with Crippen LogP contribution < -0.4 is 4.90 Å². The first-order valence-electron chi connectivity index (χ1n) is 9.32. The highest BCUT2D eigenvalue weighted by molar-refractivity contribution is 9.10. The molecule has 2 heteroatoms. The van der Waals surface area contributed by atoms with Gasteiger partial charge in [-0.05, 0) is 58.6 Å². The first-order chi connectivity index (χ1) is 13.8. The van der Waals surface area contributed by atoms with Crippen molar-refractivity contribution in [2.24, 2.45) is 0 Å². The molecule has 0 radical (unpaired) electrons. The van der Waals surface area contributed by atoms with Gasteiger partial charge in [0.25, 0.3) is 0 Å². The monoisotopic (exact) mass is 423 g/mol. The molecule has 0 amide bonds. The number of anilines is 3. The summed E-state index contributed by atoms with van der Waals surface area (Å²) in [6.07, 6.45) is 0. The van der Waals surface area contributed by atoms with Crippen molar-refractivity contribution >= 4 is 54.5 Å². The van der Waals surface area contributed by atoms with E-state index in [4.69, 9.17) is 0 Å². The maximum Gasteiger partial charge on any atom is 0.0540 e. The maximum atomic E-state index is 3.57. The Bertz CT molecular complexity index is 1270. The van der Waals surface area contributed by atoms with E-state index >= 15 is 0 Å². The highest BCUT2D eigenvalue weighted by atomic mass is 79.9. The van der Waals surface area contributed by atoms with Crippen LogP contribution in [0.2, 0.25) is 0 Å². The van der Waals surface area contributed by atoms with Gasteiger partial charge in [-0.1, -0.05) is 82.7 Å². The van der Waals surface area contributed by atoms with E-state index in [1.807, 2.05) is 0 Å². The molecule has 0 aliphatic rings. The predicted octanol–water partition coefficient (Wildman–Crippen LogP) is 8.23. The van der Waals surface area contributed by atoms with Crippen molar-refractivity contribution in [2.75, 3.05) is 4.90 Å². The van der Waals surface area contributed by atoms with Crippen LogP contribution in [0.3, 0.4) is 0 Å². The Kier molecular flexibility index (Phi) is 4.34. The summed E-state index contributed by atoms with van der Waals surface area (Å²) < 4.78 is 1.10. The number of benzene rings is 5. The van der Waals surface area contributed by atoms with Crippen molar-refractivity contribution in [1.82, 2.24) is 0 Å². The molecule has 0 saturated heterocycles. The molecule has 0 aliphatic heterocycles. The molecule has 0 atom stereocenters. The number of para-hydroxylation sites is 1. The second kappa shape index (κ2) is 7.14. The molecule has 28 heavy (non-hydrogen) atoms. The molecule has 0 heterocycles. The standard InChI is InChI=1S/C26H18BrN/c27-22-15-13-21-18-24(16-14-20(21)17-22)28(23-9-2-1-3-10-23)26-12-6-8-19-7-4-5-11-25(19)26/h1-18H. The van der Waals surface area contributed by atoms with E-state index in [-0.39, 0.29) is 0 Å². The summed E-state index contributed by atoms with van der Waals surface area (Å²) in [5.41, 5.74) is 3.48. The Labute approximate surface area is 173 Å². The van der Waals surface area contributed by atoms with Gasteiger partial charge in [0.05, 0.1) is 5.69 Å². The summed E-state index contributed by atoms with van der Waals surface area (Å²) in [6.45, 7) is 0. The summed E-state index contributed by atoms with van der Waals surface area (Å²) >= 11 is 3.57. The molecular formula is C26H18BrN. The van der Waals surface area contributed by atoms with Crippen LogP contribution in [-0.2, 0) is 0 Å². The van der Waals surface area contributed by atoms with Crippen LogP contribution in [0.5, 0.6) is 0 Å². The van der Waals surface area contributed by atoms with E-state index in [9.17, 15) is 0 Å². The van der Waals surface area contributed by atoms with Crippen LogP contribution in [0.15, 0.2) is 114 Å². The van der Waals surface area contributed by atoms with Crippen molar-refractivity contribution in [3.8, 4) is 0 Å². The number of nitrogens with zero attached hydrogens (tertiary/aromatic N) is 1. The van der Waals surface area contributed by atoms with E-state index in [2.05, 4.69) is 130 Å². The van der Waals surface area contributed by atoms with Crippen molar-refractivity contribution < 1.29 is 0 Å². The Morgan fingerprint density at radius 1 is 0.500 bits per heavy atom. The van der Waals surface area contributed by atoms with Crippen molar-refractivity contribution in [1.29, 1.82) is 0 Å². The molecule has 0 N–H and O–H groups in total. The Morgan fingerprint density at radius 2 is 1.21 bits per heavy atom. The highest BCUT2D eigenvalue weighted by Crippen LogP contribution is 2.39. The summed E-state index contributed by atoms with van der Waals surface area (Å²) in [7, 11) is 0. The van der Waals surface area contributed by atoms with Crippen LogP contribution >= 0.6 is 15.9 Å². The van der Waals surface area contributed by atoms with Gasteiger partial charge in [0.15, 0.2) is 0 Å². The van der Waals surface area contributed by atoms with E-state index in [1.165, 1.54) is 27.2 Å². The van der Waals surface area contributed by atoms with Crippen LogP contribution in [0.25, 0.3) is 21.5 Å². The van der Waals surface area contributed by atoms with Crippen LogP contribution in [0.4, 0.5) is 17.1 Å². The molecule has 0 bridgehead atoms. The van der Waals surface area contributed by atoms with Gasteiger partial charge >= 0.3 is 0 Å². The van der Waals surface area contributed by atoms with E-state index < -0.39 is 0 Å². The average molecular weight is 424 g/mol. The zero-order valence-corrected chi connectivity index (χ0v) is 16.8. The van der Waals surface area contributed by atoms with Gasteiger partial charge < -0.3 is 4.90 Å². The maximum absolute atomic E-state index is 3.57. The van der Waals surface area contributed by atoms with Gasteiger partial charge in [0.1, 0.15) is 0 Å². The van der Waals surface area contributed by atoms with Crippen LogP contribution in [0.1, 0.15) is 0 Å². The normalized spacial score (nSPS) is 11.0. The lowest BCUT2D eigenvalue weighted by Gasteiger charge is -2.27. The molecule has 5 aromatic carbocycles. The second-order valence-electron chi connectivity index (χ2n) is 6.85. The van der Waals surface area contributed by atoms with E-state index in [0.717, 1.165) is 15.8 Å². The molecule has 0 fully saturated rings. The lowest BCUT2D eigenvalue weighted by atomic mass is 10.0. The summed E-state index contributed by atoms with van der Waals surface area (Å²) in [4.78, 5) is 2.34. The zero-order valence-electron chi connectivity index (χ0n) is 15.2. The number of rotatable bonds is 3. The third-order valence-electron chi connectivity index (χ3n) is 5.07. The molecule has 0 unspecified atom stereocenters. The third-order valence-corrected chi connectivity index (χ3v) is 5.56. The van der Waals surface area contributed by atoms with Gasteiger partial charge in [0.2, 0.25) is 0 Å². The molecule has 0 aromatic heterocycles. The lowest BCUT2D eigenvalue weighted by Crippen LogP contribution is -2.10. The fourth-order valence-corrected chi connectivity index (χ4v) is 4.13. The molecule has 5 aromatic rings. The van der Waals surface area contributed by atoms with Crippen molar-refractivity contribution in [3.63, 3.8) is 0 Å². The van der Waals surface area contributed by atoms with Gasteiger partial charge in [-0.25, -0.2) is 0 Å². The van der Waals surface area contributed by atoms with Crippen molar-refractivity contribution in [2.45, 2.75) is 0 Å². The average Bonchev–Trinajstić information content (AvgIpc) is 2.75. The van der Waals surface area contributed by atoms with E-state index in [0.29, 0.717) is 0 Å². The topological polar surface area (TPSA) is 3.24 Å². The molecule has 0 spiro atoms. The molecule has 1 nitrogen and oxygen atoms in total. The number of fused-ring (bicyclic) bond motifs is 2. The van der Waals surface area contributed by atoms with Gasteiger partial charge in [-0.3, -0.25) is 0 Å². The molecule has 0 saturated carbocycles. The lowest BCUT2D eigenvalue weighted by molar-refractivity contribution is 1.30. The largest absolute Gasteiger partial charge is 0.310 e. The molecular weight excluding hydrogens is 406 g/mol. The third kappa shape index (κ3) is 3.06. The second-order valence-corrected chi connectivity index (χ2v) is 7.76. The Morgan fingerprint density at radius 3 is 2.11 bits per heavy atom. The highest BCUT2D eigenvalue weighted by Gasteiger charge is 2.15. The fourth-order valence-electron chi connectivity index (χ4n) is 3.75. The molecule has 5 rings (SSSR count). The smallest absolute Gasteiger partial charge is 0.0540 e. The quantitative estimate of drug-likeness (QED) is 0.282. The minimum atomic E-state index is 1.10. The van der Waals surface area contributed by atoms with Crippen LogP contribution in [-0.4, -0.2) is 0 Å². The number of hydrogen-bond acceptors (Lipinski definition) is 1. The van der Waals surface area contributed by atoms with Crippen molar-refractivity contribution in [3.05, 3.63) is 114 Å². The van der Waals surface area contributed by atoms with Crippen LogP contribution in [0, 0.1) is 0 Å². The molecule has 134 valence electrons. The summed E-state index contributed by atoms with van der Waals surface area (Å²) in [5.74, 6) is 0. The molecule has 0 aliphatic carbocycles. The Hall–Kier alpha value is -3.10. The predicted molar refractivity (Wildman–Crippen MR) is 124 cm³/mol. The van der Waals surface area contributed by atoms with Gasteiger partial charge in [0, 0.05) is 21.2 Å². The first kappa shape index (κ1) is 17.0. The summed E-state index contributed by atoms with van der Waals surface area (Å²) in [5, 5.41) is 4.93.